The molecule has 0 spiro atoms. The van der Waals surface area contributed by atoms with Crippen molar-refractivity contribution in [2.75, 3.05) is 4.90 Å². The number of benzene rings is 3. The molecule has 0 aliphatic carbocycles. The van der Waals surface area contributed by atoms with Crippen molar-refractivity contribution in [3.05, 3.63) is 106 Å². The smallest absolute Gasteiger partial charge is 0.300 e. The van der Waals surface area contributed by atoms with Crippen LogP contribution in [0.2, 0.25) is 10.0 Å². The molecule has 32 heavy (non-hydrogen) atoms. The fourth-order valence-electron chi connectivity index (χ4n) is 4.01. The van der Waals surface area contributed by atoms with Gasteiger partial charge in [-0.1, -0.05) is 59.6 Å². The van der Waals surface area contributed by atoms with E-state index in [9.17, 15) is 14.7 Å². The van der Waals surface area contributed by atoms with E-state index in [-0.39, 0.29) is 21.9 Å². The average molecular weight is 464 g/mol. The van der Waals surface area contributed by atoms with Crippen molar-refractivity contribution in [1.29, 1.82) is 0 Å². The second-order valence-electron chi connectivity index (χ2n) is 7.31. The highest BCUT2D eigenvalue weighted by Gasteiger charge is 2.48. The van der Waals surface area contributed by atoms with Crippen LogP contribution in [-0.2, 0) is 9.59 Å². The number of aliphatic hydroxyl groups excluding tert-OH is 1. The van der Waals surface area contributed by atoms with E-state index in [2.05, 4.69) is 0 Å². The van der Waals surface area contributed by atoms with Crippen molar-refractivity contribution < 1.29 is 19.1 Å². The van der Waals surface area contributed by atoms with Crippen LogP contribution in [0.1, 0.15) is 17.4 Å². The highest BCUT2D eigenvalue weighted by Crippen LogP contribution is 2.44. The van der Waals surface area contributed by atoms with Gasteiger partial charge in [-0.2, -0.15) is 0 Å². The molecular weight excluding hydrogens is 449 g/mol. The topological polar surface area (TPSA) is 70.8 Å². The van der Waals surface area contributed by atoms with Crippen molar-refractivity contribution in [3.63, 3.8) is 0 Å². The Kier molecular flexibility index (Phi) is 5.00. The Bertz CT molecular complexity index is 1400. The van der Waals surface area contributed by atoms with E-state index in [4.69, 9.17) is 27.6 Å². The number of carbonyl (C=O) groups is 2. The van der Waals surface area contributed by atoms with Crippen LogP contribution in [0.3, 0.4) is 0 Å². The van der Waals surface area contributed by atoms with Crippen molar-refractivity contribution in [2.24, 2.45) is 0 Å². The maximum absolute atomic E-state index is 13.3. The maximum Gasteiger partial charge on any atom is 0.300 e. The molecule has 2 heterocycles. The summed E-state index contributed by atoms with van der Waals surface area (Å²) in [6.07, 6.45) is 1.46. The first-order valence-electron chi connectivity index (χ1n) is 9.75. The Morgan fingerprint density at radius 1 is 0.906 bits per heavy atom. The van der Waals surface area contributed by atoms with Crippen LogP contribution in [0.4, 0.5) is 5.69 Å². The second-order valence-corrected chi connectivity index (χ2v) is 8.13. The molecule has 5 rings (SSSR count). The fourth-order valence-corrected chi connectivity index (χ4v) is 4.31. The summed E-state index contributed by atoms with van der Waals surface area (Å²) in [6.45, 7) is 0. The van der Waals surface area contributed by atoms with Gasteiger partial charge in [0, 0.05) is 10.9 Å². The van der Waals surface area contributed by atoms with Crippen LogP contribution in [0, 0.1) is 0 Å². The zero-order chi connectivity index (χ0) is 22.4. The number of amides is 1. The monoisotopic (exact) mass is 463 g/mol. The first-order valence-corrected chi connectivity index (χ1v) is 10.5. The van der Waals surface area contributed by atoms with Crippen LogP contribution >= 0.6 is 23.2 Å². The summed E-state index contributed by atoms with van der Waals surface area (Å²) in [5.74, 6) is -1.59. The summed E-state index contributed by atoms with van der Waals surface area (Å²) >= 11 is 12.1. The first-order chi connectivity index (χ1) is 15.5. The third-order valence-electron chi connectivity index (χ3n) is 5.48. The lowest BCUT2D eigenvalue weighted by Gasteiger charge is -2.24. The highest BCUT2D eigenvalue weighted by atomic mass is 35.5. The quantitative estimate of drug-likeness (QED) is 0.217. The van der Waals surface area contributed by atoms with E-state index < -0.39 is 17.7 Å². The SMILES string of the molecule is O=C1C(=O)N(c2cccc3ccccc23)C(c2ccco2)/C1=C(/O)c1ccc(Cl)c(Cl)c1. The molecule has 1 fully saturated rings. The summed E-state index contributed by atoms with van der Waals surface area (Å²) < 4.78 is 5.60. The van der Waals surface area contributed by atoms with Gasteiger partial charge in [-0.3, -0.25) is 14.5 Å². The number of aliphatic hydroxyl groups is 1. The van der Waals surface area contributed by atoms with Gasteiger partial charge in [0.1, 0.15) is 17.6 Å². The Morgan fingerprint density at radius 3 is 2.44 bits per heavy atom. The van der Waals surface area contributed by atoms with Gasteiger partial charge >= 0.3 is 0 Å². The van der Waals surface area contributed by atoms with E-state index in [1.807, 2.05) is 36.4 Å². The summed E-state index contributed by atoms with van der Waals surface area (Å²) in [4.78, 5) is 27.8. The van der Waals surface area contributed by atoms with Crippen molar-refractivity contribution >= 4 is 57.1 Å². The number of Topliss-reactive ketones (excluding diaryl/α,β-unsaturated/α-hetero) is 1. The Labute approximate surface area is 193 Å². The Balaban J connectivity index is 1.76. The van der Waals surface area contributed by atoms with Gasteiger partial charge in [0.25, 0.3) is 11.7 Å². The number of furan rings is 1. The molecule has 5 nitrogen and oxygen atoms in total. The Morgan fingerprint density at radius 2 is 1.69 bits per heavy atom. The molecule has 1 atom stereocenters. The van der Waals surface area contributed by atoms with Crippen LogP contribution in [0.25, 0.3) is 16.5 Å². The molecule has 1 aliphatic rings. The number of halogens is 2. The van der Waals surface area contributed by atoms with E-state index in [0.29, 0.717) is 16.5 Å². The minimum absolute atomic E-state index is 0.0868. The molecule has 7 heteroatoms. The molecule has 1 N–H and O–H groups in total. The van der Waals surface area contributed by atoms with E-state index in [0.717, 1.165) is 10.8 Å². The number of fused-ring (bicyclic) bond motifs is 1. The summed E-state index contributed by atoms with van der Waals surface area (Å²) in [5, 5.41) is 13.3. The Hall–Kier alpha value is -3.54. The standard InChI is InChI=1S/C25H15Cl2NO4/c26-17-11-10-15(13-18(17)27)23(29)21-22(20-9-4-12-32-20)28(25(31)24(21)30)19-8-3-6-14-5-1-2-7-16(14)19/h1-13,22,29H/b23-21-. The average Bonchev–Trinajstić information content (AvgIpc) is 3.42. The number of hydrogen-bond donors (Lipinski definition) is 1. The van der Waals surface area contributed by atoms with E-state index in [1.165, 1.54) is 29.4 Å². The minimum Gasteiger partial charge on any atom is -0.507 e. The third kappa shape index (κ3) is 3.18. The summed E-state index contributed by atoms with van der Waals surface area (Å²) in [6, 6.07) is 19.9. The summed E-state index contributed by atoms with van der Waals surface area (Å²) in [5.41, 5.74) is 0.725. The van der Waals surface area contributed by atoms with E-state index >= 15 is 0 Å². The number of ketones is 1. The number of nitrogens with zero attached hydrogens (tertiary/aromatic N) is 1. The molecule has 0 saturated carbocycles. The number of rotatable bonds is 3. The lowest BCUT2D eigenvalue weighted by molar-refractivity contribution is -0.132. The predicted octanol–water partition coefficient (Wildman–Crippen LogP) is 6.37. The van der Waals surface area contributed by atoms with Crippen LogP contribution < -0.4 is 4.90 Å². The first kappa shape index (κ1) is 20.4. The second kappa shape index (κ2) is 7.86. The van der Waals surface area contributed by atoms with Crippen molar-refractivity contribution in [2.45, 2.75) is 6.04 Å². The largest absolute Gasteiger partial charge is 0.507 e. The minimum atomic E-state index is -0.953. The van der Waals surface area contributed by atoms with Crippen LogP contribution in [0.15, 0.2) is 89.0 Å². The van der Waals surface area contributed by atoms with Gasteiger partial charge < -0.3 is 9.52 Å². The van der Waals surface area contributed by atoms with Gasteiger partial charge in [0.2, 0.25) is 0 Å². The molecule has 1 aliphatic heterocycles. The highest BCUT2D eigenvalue weighted by molar-refractivity contribution is 6.52. The maximum atomic E-state index is 13.3. The molecule has 1 saturated heterocycles. The van der Waals surface area contributed by atoms with E-state index in [1.54, 1.807) is 18.2 Å². The number of carbonyl (C=O) groups excluding carboxylic acids is 2. The number of hydrogen-bond acceptors (Lipinski definition) is 4. The van der Waals surface area contributed by atoms with Gasteiger partial charge in [-0.15, -0.1) is 0 Å². The molecule has 1 unspecified atom stereocenters. The van der Waals surface area contributed by atoms with Crippen LogP contribution in [-0.4, -0.2) is 16.8 Å². The van der Waals surface area contributed by atoms with Crippen molar-refractivity contribution in [3.8, 4) is 0 Å². The van der Waals surface area contributed by atoms with Crippen molar-refractivity contribution in [1.82, 2.24) is 0 Å². The van der Waals surface area contributed by atoms with Gasteiger partial charge in [-0.05, 0) is 41.8 Å². The third-order valence-corrected chi connectivity index (χ3v) is 6.22. The zero-order valence-electron chi connectivity index (χ0n) is 16.5. The van der Waals surface area contributed by atoms with Crippen LogP contribution in [0.5, 0.6) is 0 Å². The predicted molar refractivity (Wildman–Crippen MR) is 124 cm³/mol. The molecule has 3 aromatic carbocycles. The summed E-state index contributed by atoms with van der Waals surface area (Å²) in [7, 11) is 0. The molecule has 1 amide bonds. The van der Waals surface area contributed by atoms with Gasteiger partial charge in [0.05, 0.1) is 27.6 Å². The fraction of sp³-hybridized carbons (Fsp3) is 0.0400. The molecule has 4 aromatic rings. The van der Waals surface area contributed by atoms with Gasteiger partial charge in [0.15, 0.2) is 0 Å². The lowest BCUT2D eigenvalue weighted by Crippen LogP contribution is -2.29. The molecule has 1 aromatic heterocycles. The molecule has 158 valence electrons. The lowest BCUT2D eigenvalue weighted by atomic mass is 9.99. The molecule has 0 radical (unpaired) electrons. The molecule has 0 bridgehead atoms. The number of anilines is 1. The van der Waals surface area contributed by atoms with Gasteiger partial charge in [-0.25, -0.2) is 0 Å². The normalized spacial score (nSPS) is 17.9. The zero-order valence-corrected chi connectivity index (χ0v) is 18.0. The molecular formula is C25H15Cl2NO4.